The number of rotatable bonds is 8. The molecule has 0 radical (unpaired) electrons. The van der Waals surface area contributed by atoms with E-state index in [9.17, 15) is 22.8 Å². The van der Waals surface area contributed by atoms with Crippen molar-refractivity contribution in [3.8, 4) is 0 Å². The SMILES string of the molecule is CC(C)[C@@H](NCC(F)(F)F)C(=O)NCC(=O)OCc1ccccc1. The van der Waals surface area contributed by atoms with Crippen molar-refractivity contribution in [1.29, 1.82) is 0 Å². The molecule has 0 bridgehead atoms. The van der Waals surface area contributed by atoms with Crippen molar-refractivity contribution in [3.05, 3.63) is 35.9 Å². The molecule has 0 aliphatic rings. The summed E-state index contributed by atoms with van der Waals surface area (Å²) in [5, 5.41) is 4.44. The number of benzene rings is 1. The van der Waals surface area contributed by atoms with Gasteiger partial charge < -0.3 is 10.1 Å². The number of halogens is 3. The van der Waals surface area contributed by atoms with Crippen LogP contribution in [0.5, 0.6) is 0 Å². The maximum absolute atomic E-state index is 12.3. The molecule has 0 heterocycles. The maximum Gasteiger partial charge on any atom is 0.401 e. The van der Waals surface area contributed by atoms with E-state index in [0.717, 1.165) is 5.56 Å². The van der Waals surface area contributed by atoms with Gasteiger partial charge in [-0.1, -0.05) is 44.2 Å². The van der Waals surface area contributed by atoms with Crippen LogP contribution in [0, 0.1) is 5.92 Å². The Morgan fingerprint density at radius 3 is 2.33 bits per heavy atom. The maximum atomic E-state index is 12.3. The summed E-state index contributed by atoms with van der Waals surface area (Å²) in [5.74, 6) is -1.70. The molecule has 0 unspecified atom stereocenters. The zero-order chi connectivity index (χ0) is 18.2. The van der Waals surface area contributed by atoms with E-state index >= 15 is 0 Å². The third-order valence-corrected chi connectivity index (χ3v) is 3.12. The average molecular weight is 346 g/mol. The van der Waals surface area contributed by atoms with Gasteiger partial charge in [-0.05, 0) is 11.5 Å². The fourth-order valence-electron chi connectivity index (χ4n) is 1.92. The van der Waals surface area contributed by atoms with E-state index in [2.05, 4.69) is 10.6 Å². The summed E-state index contributed by atoms with van der Waals surface area (Å²) in [7, 11) is 0. The largest absolute Gasteiger partial charge is 0.460 e. The van der Waals surface area contributed by atoms with Gasteiger partial charge in [0.2, 0.25) is 5.91 Å². The lowest BCUT2D eigenvalue weighted by Crippen LogP contribution is -2.51. The van der Waals surface area contributed by atoms with Crippen molar-refractivity contribution in [1.82, 2.24) is 10.6 Å². The van der Waals surface area contributed by atoms with Gasteiger partial charge in [0, 0.05) is 0 Å². The van der Waals surface area contributed by atoms with E-state index in [1.165, 1.54) is 0 Å². The van der Waals surface area contributed by atoms with Gasteiger partial charge in [-0.2, -0.15) is 13.2 Å². The summed E-state index contributed by atoms with van der Waals surface area (Å²) in [6.07, 6.45) is -4.41. The van der Waals surface area contributed by atoms with Crippen LogP contribution in [0.1, 0.15) is 19.4 Å². The smallest absolute Gasteiger partial charge is 0.401 e. The van der Waals surface area contributed by atoms with Gasteiger partial charge in [0.1, 0.15) is 13.2 Å². The highest BCUT2D eigenvalue weighted by atomic mass is 19.4. The Hall–Kier alpha value is -2.09. The van der Waals surface area contributed by atoms with Crippen LogP contribution < -0.4 is 10.6 Å². The van der Waals surface area contributed by atoms with Crippen LogP contribution in [0.3, 0.4) is 0 Å². The second kappa shape index (κ2) is 9.27. The first-order chi connectivity index (χ1) is 11.2. The number of alkyl halides is 3. The summed E-state index contributed by atoms with van der Waals surface area (Å²) in [5.41, 5.74) is 0.795. The molecule has 0 saturated carbocycles. The van der Waals surface area contributed by atoms with Crippen molar-refractivity contribution in [2.45, 2.75) is 32.7 Å². The second-order valence-corrected chi connectivity index (χ2v) is 5.58. The number of ether oxygens (including phenoxy) is 1. The highest BCUT2D eigenvalue weighted by Crippen LogP contribution is 2.14. The van der Waals surface area contributed by atoms with Crippen molar-refractivity contribution < 1.29 is 27.5 Å². The summed E-state index contributed by atoms with van der Waals surface area (Å²) in [4.78, 5) is 23.5. The Labute approximate surface area is 138 Å². The number of carbonyl (C=O) groups excluding carboxylic acids is 2. The van der Waals surface area contributed by atoms with Crippen molar-refractivity contribution in [3.63, 3.8) is 0 Å². The van der Waals surface area contributed by atoms with Crippen LogP contribution >= 0.6 is 0 Å². The molecule has 8 heteroatoms. The second-order valence-electron chi connectivity index (χ2n) is 5.58. The first-order valence-corrected chi connectivity index (χ1v) is 7.46. The lowest BCUT2D eigenvalue weighted by molar-refractivity contribution is -0.146. The Morgan fingerprint density at radius 2 is 1.79 bits per heavy atom. The van der Waals surface area contributed by atoms with Gasteiger partial charge in [-0.15, -0.1) is 0 Å². The van der Waals surface area contributed by atoms with E-state index < -0.39 is 37.2 Å². The fraction of sp³-hybridized carbons (Fsp3) is 0.500. The monoisotopic (exact) mass is 346 g/mol. The summed E-state index contributed by atoms with van der Waals surface area (Å²) in [6, 6.07) is 7.93. The zero-order valence-electron chi connectivity index (χ0n) is 13.5. The quantitative estimate of drug-likeness (QED) is 0.707. The Balaban J connectivity index is 2.39. The van der Waals surface area contributed by atoms with Gasteiger partial charge in [-0.3, -0.25) is 14.9 Å². The molecule has 0 aliphatic heterocycles. The molecule has 0 aliphatic carbocycles. The number of nitrogens with one attached hydrogen (secondary N) is 2. The number of hydrogen-bond donors (Lipinski definition) is 2. The van der Waals surface area contributed by atoms with E-state index in [1.54, 1.807) is 38.1 Å². The van der Waals surface area contributed by atoms with Crippen LogP contribution in [-0.2, 0) is 20.9 Å². The minimum atomic E-state index is -4.41. The van der Waals surface area contributed by atoms with Gasteiger partial charge in [0.15, 0.2) is 0 Å². The van der Waals surface area contributed by atoms with E-state index in [4.69, 9.17) is 4.74 Å². The van der Waals surface area contributed by atoms with Crippen LogP contribution in [0.4, 0.5) is 13.2 Å². The Bertz CT molecular complexity index is 533. The van der Waals surface area contributed by atoms with Crippen LogP contribution in [0.2, 0.25) is 0 Å². The summed E-state index contributed by atoms with van der Waals surface area (Å²) < 4.78 is 41.7. The molecule has 1 aromatic carbocycles. The molecular weight excluding hydrogens is 325 g/mol. The third-order valence-electron chi connectivity index (χ3n) is 3.12. The molecule has 1 atom stereocenters. The topological polar surface area (TPSA) is 67.4 Å². The molecule has 24 heavy (non-hydrogen) atoms. The first kappa shape index (κ1) is 20.0. The average Bonchev–Trinajstić information content (AvgIpc) is 2.50. The van der Waals surface area contributed by atoms with E-state index in [0.29, 0.717) is 0 Å². The Kier molecular flexibility index (Phi) is 7.70. The van der Waals surface area contributed by atoms with Crippen LogP contribution in [0.25, 0.3) is 0 Å². The molecule has 0 fully saturated rings. The molecule has 1 aromatic rings. The highest BCUT2D eigenvalue weighted by molar-refractivity contribution is 5.85. The predicted octanol–water partition coefficient (Wildman–Crippen LogP) is 2.02. The minimum Gasteiger partial charge on any atom is -0.460 e. The molecular formula is C16H21F3N2O3. The van der Waals surface area contributed by atoms with Crippen molar-refractivity contribution >= 4 is 11.9 Å². The first-order valence-electron chi connectivity index (χ1n) is 7.46. The van der Waals surface area contributed by atoms with Crippen LogP contribution in [0.15, 0.2) is 30.3 Å². The number of hydrogen-bond acceptors (Lipinski definition) is 4. The van der Waals surface area contributed by atoms with Gasteiger partial charge in [-0.25, -0.2) is 0 Å². The zero-order valence-corrected chi connectivity index (χ0v) is 13.5. The van der Waals surface area contributed by atoms with Gasteiger partial charge in [0.25, 0.3) is 0 Å². The molecule has 0 aromatic heterocycles. The minimum absolute atomic E-state index is 0.0650. The van der Waals surface area contributed by atoms with Crippen molar-refractivity contribution in [2.75, 3.05) is 13.1 Å². The molecule has 1 amide bonds. The molecule has 2 N–H and O–H groups in total. The molecule has 0 spiro atoms. The molecule has 134 valence electrons. The van der Waals surface area contributed by atoms with E-state index in [1.807, 2.05) is 6.07 Å². The standard InChI is InChI=1S/C16H21F3N2O3/c1-11(2)14(21-10-16(17,18)19)15(23)20-8-13(22)24-9-12-6-4-3-5-7-12/h3-7,11,14,21H,8-10H2,1-2H3,(H,20,23)/t14-/m1/s1. The molecule has 5 nitrogen and oxygen atoms in total. The normalized spacial score (nSPS) is 12.8. The van der Waals surface area contributed by atoms with Crippen LogP contribution in [-0.4, -0.2) is 37.2 Å². The lowest BCUT2D eigenvalue weighted by atomic mass is 10.0. The number of carbonyl (C=O) groups is 2. The van der Waals surface area contributed by atoms with Crippen molar-refractivity contribution in [2.24, 2.45) is 5.92 Å². The summed E-state index contributed by atoms with van der Waals surface area (Å²) >= 11 is 0. The number of amides is 1. The molecule has 1 rings (SSSR count). The molecule has 0 saturated heterocycles. The highest BCUT2D eigenvalue weighted by Gasteiger charge is 2.31. The lowest BCUT2D eigenvalue weighted by Gasteiger charge is -2.22. The van der Waals surface area contributed by atoms with Gasteiger partial charge in [0.05, 0.1) is 12.6 Å². The Morgan fingerprint density at radius 1 is 1.17 bits per heavy atom. The predicted molar refractivity (Wildman–Crippen MR) is 81.9 cm³/mol. The third kappa shape index (κ3) is 7.96. The fourth-order valence-corrected chi connectivity index (χ4v) is 1.92. The number of esters is 1. The van der Waals surface area contributed by atoms with E-state index in [-0.39, 0.29) is 12.5 Å². The summed E-state index contributed by atoms with van der Waals surface area (Å²) in [6.45, 7) is 1.61. The van der Waals surface area contributed by atoms with Gasteiger partial charge >= 0.3 is 12.1 Å².